The normalized spacial score (nSPS) is 10.8. The molecule has 5 nitrogen and oxygen atoms in total. The van der Waals surface area contributed by atoms with E-state index in [2.05, 4.69) is 0 Å². The van der Waals surface area contributed by atoms with E-state index in [0.29, 0.717) is 22.3 Å². The van der Waals surface area contributed by atoms with Crippen LogP contribution in [0.1, 0.15) is 26.4 Å². The molecule has 0 amide bonds. The van der Waals surface area contributed by atoms with Gasteiger partial charge >= 0.3 is 5.97 Å². The standard InChI is InChI=1S/C19H17NO4/c1-12-7-9-14(10-8-12)24-11-17(21)20-13(2)18(19(22)23)15-5-3-4-6-16(15)20/h3-10H,11H2,1-2H3,(H,22,23). The number of carbonyl (C=O) groups is 2. The van der Waals surface area contributed by atoms with Crippen molar-refractivity contribution < 1.29 is 19.4 Å². The van der Waals surface area contributed by atoms with Crippen LogP contribution in [0.4, 0.5) is 0 Å². The van der Waals surface area contributed by atoms with E-state index in [0.717, 1.165) is 5.56 Å². The highest BCUT2D eigenvalue weighted by Gasteiger charge is 2.22. The zero-order chi connectivity index (χ0) is 17.3. The minimum Gasteiger partial charge on any atom is -0.484 e. The van der Waals surface area contributed by atoms with Crippen molar-refractivity contribution in [3.63, 3.8) is 0 Å². The molecular weight excluding hydrogens is 306 g/mol. The van der Waals surface area contributed by atoms with Crippen LogP contribution in [0, 0.1) is 13.8 Å². The number of nitrogens with zero attached hydrogens (tertiary/aromatic N) is 1. The van der Waals surface area contributed by atoms with Crippen LogP contribution >= 0.6 is 0 Å². The summed E-state index contributed by atoms with van der Waals surface area (Å²) >= 11 is 0. The Hall–Kier alpha value is -3.08. The van der Waals surface area contributed by atoms with Gasteiger partial charge in [-0.1, -0.05) is 35.9 Å². The summed E-state index contributed by atoms with van der Waals surface area (Å²) in [6.07, 6.45) is 0. The van der Waals surface area contributed by atoms with Gasteiger partial charge in [0.2, 0.25) is 0 Å². The lowest BCUT2D eigenvalue weighted by atomic mass is 10.1. The average molecular weight is 323 g/mol. The third-order valence-corrected chi connectivity index (χ3v) is 3.96. The van der Waals surface area contributed by atoms with E-state index in [1.54, 1.807) is 43.3 Å². The van der Waals surface area contributed by atoms with Gasteiger partial charge in [0.05, 0.1) is 11.1 Å². The van der Waals surface area contributed by atoms with Crippen molar-refractivity contribution in [1.82, 2.24) is 4.57 Å². The van der Waals surface area contributed by atoms with Gasteiger partial charge in [-0.2, -0.15) is 0 Å². The SMILES string of the molecule is Cc1ccc(OCC(=O)n2c(C)c(C(=O)O)c3ccccc32)cc1. The number of fused-ring (bicyclic) bond motifs is 1. The first-order valence-corrected chi connectivity index (χ1v) is 7.55. The van der Waals surface area contributed by atoms with E-state index in [4.69, 9.17) is 4.74 Å². The molecule has 0 aliphatic carbocycles. The summed E-state index contributed by atoms with van der Waals surface area (Å²) in [5.41, 5.74) is 2.23. The molecule has 1 heterocycles. The Kier molecular flexibility index (Phi) is 4.08. The van der Waals surface area contributed by atoms with Gasteiger partial charge in [-0.15, -0.1) is 0 Å². The van der Waals surface area contributed by atoms with E-state index >= 15 is 0 Å². The molecule has 0 fully saturated rings. The Morgan fingerprint density at radius 2 is 1.71 bits per heavy atom. The van der Waals surface area contributed by atoms with Crippen molar-refractivity contribution in [3.05, 3.63) is 65.4 Å². The Balaban J connectivity index is 1.94. The van der Waals surface area contributed by atoms with Crippen LogP contribution in [0.15, 0.2) is 48.5 Å². The number of carboxylic acids is 1. The number of ether oxygens (including phenoxy) is 1. The second kappa shape index (κ2) is 6.20. The third kappa shape index (κ3) is 2.76. The first-order chi connectivity index (χ1) is 11.5. The molecule has 0 saturated carbocycles. The van der Waals surface area contributed by atoms with Gasteiger partial charge in [0, 0.05) is 11.1 Å². The van der Waals surface area contributed by atoms with Crippen molar-refractivity contribution in [3.8, 4) is 5.75 Å². The summed E-state index contributed by atoms with van der Waals surface area (Å²) in [6, 6.07) is 14.4. The Labute approximate surface area is 139 Å². The minimum absolute atomic E-state index is 0.147. The van der Waals surface area contributed by atoms with Crippen LogP contribution in [0.2, 0.25) is 0 Å². The first-order valence-electron chi connectivity index (χ1n) is 7.55. The lowest BCUT2D eigenvalue weighted by Gasteiger charge is -2.09. The minimum atomic E-state index is -1.05. The monoisotopic (exact) mass is 323 g/mol. The quantitative estimate of drug-likeness (QED) is 0.795. The summed E-state index contributed by atoms with van der Waals surface area (Å²) in [5.74, 6) is -0.756. The highest BCUT2D eigenvalue weighted by molar-refractivity contribution is 6.08. The molecule has 0 unspecified atom stereocenters. The summed E-state index contributed by atoms with van der Waals surface area (Å²) < 4.78 is 6.94. The zero-order valence-corrected chi connectivity index (χ0v) is 13.4. The number of aryl methyl sites for hydroxylation is 1. The maximum Gasteiger partial charge on any atom is 0.338 e. The Morgan fingerprint density at radius 1 is 1.04 bits per heavy atom. The van der Waals surface area contributed by atoms with Gasteiger partial charge in [0.15, 0.2) is 6.61 Å². The van der Waals surface area contributed by atoms with Gasteiger partial charge in [-0.3, -0.25) is 9.36 Å². The van der Waals surface area contributed by atoms with Crippen molar-refractivity contribution in [2.75, 3.05) is 6.61 Å². The Bertz CT molecular complexity index is 922. The fraction of sp³-hybridized carbons (Fsp3) is 0.158. The van der Waals surface area contributed by atoms with Crippen LogP contribution < -0.4 is 4.74 Å². The van der Waals surface area contributed by atoms with Gasteiger partial charge < -0.3 is 9.84 Å². The number of carboxylic acid groups (broad SMARTS) is 1. The predicted molar refractivity (Wildman–Crippen MR) is 90.9 cm³/mol. The molecule has 24 heavy (non-hydrogen) atoms. The number of benzene rings is 2. The van der Waals surface area contributed by atoms with E-state index in [9.17, 15) is 14.7 Å². The van der Waals surface area contributed by atoms with E-state index in [1.165, 1.54) is 4.57 Å². The third-order valence-electron chi connectivity index (χ3n) is 3.96. The number of carbonyl (C=O) groups excluding carboxylic acids is 1. The molecule has 0 aliphatic heterocycles. The van der Waals surface area contributed by atoms with Crippen LogP contribution in [0.3, 0.4) is 0 Å². The molecule has 1 aromatic heterocycles. The molecule has 2 aromatic carbocycles. The molecule has 0 atom stereocenters. The first kappa shape index (κ1) is 15.8. The molecular formula is C19H17NO4. The van der Waals surface area contributed by atoms with Crippen molar-refractivity contribution in [2.45, 2.75) is 13.8 Å². The van der Waals surface area contributed by atoms with Gasteiger partial charge in [0.25, 0.3) is 5.91 Å². The summed E-state index contributed by atoms with van der Waals surface area (Å²) in [6.45, 7) is 3.44. The van der Waals surface area contributed by atoms with Crippen molar-refractivity contribution >= 4 is 22.8 Å². The predicted octanol–water partition coefficient (Wildman–Crippen LogP) is 3.68. The van der Waals surface area contributed by atoms with Crippen LogP contribution in [0.25, 0.3) is 10.9 Å². The zero-order valence-electron chi connectivity index (χ0n) is 13.4. The number of hydrogen-bond acceptors (Lipinski definition) is 3. The molecule has 122 valence electrons. The number of aromatic carboxylic acids is 1. The molecule has 3 aromatic rings. The van der Waals surface area contributed by atoms with Crippen LogP contribution in [0.5, 0.6) is 5.75 Å². The van der Waals surface area contributed by atoms with Crippen LogP contribution in [-0.4, -0.2) is 28.2 Å². The maximum atomic E-state index is 12.6. The van der Waals surface area contributed by atoms with Gasteiger partial charge in [-0.05, 0) is 32.0 Å². The summed E-state index contributed by atoms with van der Waals surface area (Å²) in [7, 11) is 0. The molecule has 0 aliphatic rings. The topological polar surface area (TPSA) is 68.5 Å². The van der Waals surface area contributed by atoms with Crippen molar-refractivity contribution in [2.24, 2.45) is 0 Å². The highest BCUT2D eigenvalue weighted by atomic mass is 16.5. The molecule has 0 spiro atoms. The largest absolute Gasteiger partial charge is 0.484 e. The molecule has 1 N–H and O–H groups in total. The van der Waals surface area contributed by atoms with E-state index in [1.807, 2.05) is 19.1 Å². The molecule has 3 rings (SSSR count). The van der Waals surface area contributed by atoms with E-state index < -0.39 is 5.97 Å². The lowest BCUT2D eigenvalue weighted by Crippen LogP contribution is -2.20. The van der Waals surface area contributed by atoms with Crippen molar-refractivity contribution in [1.29, 1.82) is 0 Å². The lowest BCUT2D eigenvalue weighted by molar-refractivity contribution is 0.0698. The van der Waals surface area contributed by atoms with E-state index in [-0.39, 0.29) is 18.1 Å². The smallest absolute Gasteiger partial charge is 0.338 e. The summed E-state index contributed by atoms with van der Waals surface area (Å²) in [4.78, 5) is 24.1. The molecule has 0 saturated heterocycles. The summed E-state index contributed by atoms with van der Waals surface area (Å²) in [5, 5.41) is 9.98. The average Bonchev–Trinajstić information content (AvgIpc) is 2.86. The second-order valence-electron chi connectivity index (χ2n) is 5.61. The maximum absolute atomic E-state index is 12.6. The number of para-hydroxylation sites is 1. The van der Waals surface area contributed by atoms with Gasteiger partial charge in [0.1, 0.15) is 5.75 Å². The van der Waals surface area contributed by atoms with Gasteiger partial charge in [-0.25, -0.2) is 4.79 Å². The molecule has 0 bridgehead atoms. The highest BCUT2D eigenvalue weighted by Crippen LogP contribution is 2.26. The fourth-order valence-corrected chi connectivity index (χ4v) is 2.80. The Morgan fingerprint density at radius 3 is 2.38 bits per heavy atom. The fourth-order valence-electron chi connectivity index (χ4n) is 2.80. The number of rotatable bonds is 4. The molecule has 5 heteroatoms. The second-order valence-corrected chi connectivity index (χ2v) is 5.61. The number of aromatic nitrogens is 1. The molecule has 0 radical (unpaired) electrons. The number of hydrogen-bond donors (Lipinski definition) is 1. The van der Waals surface area contributed by atoms with Crippen LogP contribution in [-0.2, 0) is 0 Å².